The molecule has 1 aromatic rings. The maximum absolute atomic E-state index is 12.1. The van der Waals surface area contributed by atoms with Crippen LogP contribution in [-0.4, -0.2) is 53.2 Å². The fourth-order valence-electron chi connectivity index (χ4n) is 2.89. The minimum absolute atomic E-state index is 0.116. The lowest BCUT2D eigenvalue weighted by molar-refractivity contribution is 0.0636. The van der Waals surface area contributed by atoms with Gasteiger partial charge in [0.2, 0.25) is 0 Å². The van der Waals surface area contributed by atoms with Crippen molar-refractivity contribution in [3.63, 3.8) is 0 Å². The number of halogens is 1. The summed E-state index contributed by atoms with van der Waals surface area (Å²) in [7, 11) is 0. The van der Waals surface area contributed by atoms with Crippen molar-refractivity contribution in [1.82, 2.24) is 5.32 Å². The maximum Gasteiger partial charge on any atom is 0.412 e. The molecule has 0 unspecified atom stereocenters. The van der Waals surface area contributed by atoms with E-state index in [1.54, 1.807) is 31.7 Å². The molecule has 152 valence electrons. The Morgan fingerprint density at radius 3 is 2.61 bits per heavy atom. The summed E-state index contributed by atoms with van der Waals surface area (Å²) in [5.41, 5.74) is 0.241. The second-order valence-corrected chi connectivity index (χ2v) is 7.83. The third-order valence-corrected chi connectivity index (χ3v) is 4.45. The number of aliphatic hydroxyl groups excluding tert-OH is 1. The molecule has 2 amide bonds. The van der Waals surface area contributed by atoms with Gasteiger partial charge in [-0.2, -0.15) is 5.26 Å². The number of piperidine rings is 1. The molecule has 4 N–H and O–H groups in total. The van der Waals surface area contributed by atoms with Crippen molar-refractivity contribution < 1.29 is 24.5 Å². The topological polar surface area (TPSA) is 135 Å². The number of carbonyl (C=O) groups excluding carboxylic acids is 1. The van der Waals surface area contributed by atoms with Crippen molar-refractivity contribution in [3.05, 3.63) is 22.7 Å². The Bertz CT molecular complexity index is 802. The molecule has 10 heteroatoms. The van der Waals surface area contributed by atoms with E-state index in [1.807, 2.05) is 6.07 Å². The zero-order chi connectivity index (χ0) is 21.1. The number of nitrogens with one attached hydrogen (secondary N) is 2. The molecule has 28 heavy (non-hydrogen) atoms. The first-order valence-corrected chi connectivity index (χ1v) is 9.04. The van der Waals surface area contributed by atoms with Gasteiger partial charge in [0, 0.05) is 13.1 Å². The van der Waals surface area contributed by atoms with Crippen LogP contribution < -0.4 is 15.5 Å². The van der Waals surface area contributed by atoms with E-state index in [2.05, 4.69) is 10.6 Å². The van der Waals surface area contributed by atoms with E-state index in [-0.39, 0.29) is 22.8 Å². The van der Waals surface area contributed by atoms with Crippen molar-refractivity contribution in [1.29, 1.82) is 5.26 Å². The number of rotatable bonds is 3. The summed E-state index contributed by atoms with van der Waals surface area (Å²) >= 11 is 6.44. The van der Waals surface area contributed by atoms with Gasteiger partial charge in [0.05, 0.1) is 40.2 Å². The lowest BCUT2D eigenvalue weighted by atomic mass is 10.0. The van der Waals surface area contributed by atoms with Crippen LogP contribution in [0, 0.1) is 11.3 Å². The number of nitriles is 1. The fourth-order valence-corrected chi connectivity index (χ4v) is 3.16. The minimum atomic E-state index is -1.20. The molecule has 9 nitrogen and oxygen atoms in total. The van der Waals surface area contributed by atoms with Gasteiger partial charge in [0.1, 0.15) is 5.60 Å². The van der Waals surface area contributed by atoms with Crippen molar-refractivity contribution in [3.8, 4) is 6.07 Å². The highest BCUT2D eigenvalue weighted by Gasteiger charge is 2.30. The lowest BCUT2D eigenvalue weighted by Crippen LogP contribution is -2.54. The Kier molecular flexibility index (Phi) is 6.59. The van der Waals surface area contributed by atoms with E-state index in [9.17, 15) is 20.0 Å². The molecule has 0 saturated carbocycles. The number of amides is 2. The van der Waals surface area contributed by atoms with Crippen molar-refractivity contribution in [2.45, 2.75) is 44.9 Å². The molecule has 0 aromatic heterocycles. The van der Waals surface area contributed by atoms with Gasteiger partial charge in [-0.1, -0.05) is 11.6 Å². The van der Waals surface area contributed by atoms with Gasteiger partial charge in [-0.25, -0.2) is 9.59 Å². The largest absolute Gasteiger partial charge is 0.465 e. The summed E-state index contributed by atoms with van der Waals surface area (Å²) in [6, 6.07) is 4.41. The molecule has 1 saturated heterocycles. The average molecular weight is 411 g/mol. The predicted molar refractivity (Wildman–Crippen MR) is 104 cm³/mol. The number of carboxylic acid groups (broad SMARTS) is 1. The maximum atomic E-state index is 12.1. The highest BCUT2D eigenvalue weighted by Crippen LogP contribution is 2.36. The van der Waals surface area contributed by atoms with Gasteiger partial charge in [0.15, 0.2) is 0 Å². The van der Waals surface area contributed by atoms with Crippen LogP contribution in [0.2, 0.25) is 5.02 Å². The smallest absolute Gasteiger partial charge is 0.412 e. The summed E-state index contributed by atoms with van der Waals surface area (Å²) in [4.78, 5) is 24.6. The molecule has 1 fully saturated rings. The van der Waals surface area contributed by atoms with Crippen LogP contribution in [-0.2, 0) is 4.74 Å². The number of benzene rings is 1. The Morgan fingerprint density at radius 2 is 2.07 bits per heavy atom. The summed E-state index contributed by atoms with van der Waals surface area (Å²) in [6.07, 6.45) is -2.50. The molecule has 1 heterocycles. The molecule has 1 aliphatic rings. The third-order valence-electron chi connectivity index (χ3n) is 4.05. The number of hydrogen-bond donors (Lipinski definition) is 4. The first kappa shape index (κ1) is 21.6. The van der Waals surface area contributed by atoms with E-state index in [4.69, 9.17) is 21.4 Å². The van der Waals surface area contributed by atoms with Gasteiger partial charge in [0.25, 0.3) is 0 Å². The Hall–Kier alpha value is -2.70. The molecule has 0 aliphatic carbocycles. The second-order valence-electron chi connectivity index (χ2n) is 7.45. The van der Waals surface area contributed by atoms with E-state index >= 15 is 0 Å². The molecule has 2 atom stereocenters. The van der Waals surface area contributed by atoms with E-state index in [1.165, 1.54) is 6.07 Å². The monoisotopic (exact) mass is 410 g/mol. The third kappa shape index (κ3) is 5.65. The van der Waals surface area contributed by atoms with Crippen LogP contribution in [0.5, 0.6) is 0 Å². The first-order chi connectivity index (χ1) is 13.0. The Labute approximate surface area is 167 Å². The van der Waals surface area contributed by atoms with Gasteiger partial charge in [-0.05, 0) is 39.3 Å². The van der Waals surface area contributed by atoms with E-state index in [0.29, 0.717) is 18.7 Å². The number of nitrogens with zero attached hydrogens (tertiary/aromatic N) is 2. The molecule has 0 bridgehead atoms. The predicted octanol–water partition coefficient (Wildman–Crippen LogP) is 2.77. The fraction of sp³-hybridized carbons (Fsp3) is 0.500. The van der Waals surface area contributed by atoms with Crippen LogP contribution in [0.4, 0.5) is 21.0 Å². The highest BCUT2D eigenvalue weighted by molar-refractivity contribution is 6.36. The normalized spacial score (nSPS) is 19.5. The molecular formula is C18H23ClN4O5. The van der Waals surface area contributed by atoms with E-state index in [0.717, 1.165) is 0 Å². The summed E-state index contributed by atoms with van der Waals surface area (Å²) in [6.45, 7) is 5.69. The van der Waals surface area contributed by atoms with Gasteiger partial charge in [-0.15, -0.1) is 0 Å². The first-order valence-electron chi connectivity index (χ1n) is 8.66. The van der Waals surface area contributed by atoms with Gasteiger partial charge >= 0.3 is 12.2 Å². The van der Waals surface area contributed by atoms with Crippen LogP contribution >= 0.6 is 11.6 Å². The van der Waals surface area contributed by atoms with Crippen molar-refractivity contribution in [2.24, 2.45) is 0 Å². The molecular weight excluding hydrogens is 388 g/mol. The summed E-state index contributed by atoms with van der Waals surface area (Å²) < 4.78 is 5.21. The molecule has 0 radical (unpaired) electrons. The molecule has 1 aliphatic heterocycles. The highest BCUT2D eigenvalue weighted by atomic mass is 35.5. The number of β-amino-alcohol motifs (C(OH)–C–C–N with tert-alkyl or cyclic N) is 1. The zero-order valence-electron chi connectivity index (χ0n) is 15.8. The van der Waals surface area contributed by atoms with Gasteiger partial charge < -0.3 is 25.2 Å². The van der Waals surface area contributed by atoms with Crippen LogP contribution in [0.1, 0.15) is 32.8 Å². The van der Waals surface area contributed by atoms with Crippen molar-refractivity contribution >= 4 is 35.2 Å². The van der Waals surface area contributed by atoms with Crippen LogP contribution in [0.15, 0.2) is 12.1 Å². The van der Waals surface area contributed by atoms with Crippen molar-refractivity contribution in [2.75, 3.05) is 23.3 Å². The molecule has 2 rings (SSSR count). The zero-order valence-corrected chi connectivity index (χ0v) is 16.6. The SMILES string of the molecule is CC(C)(C)OC(=O)Nc1cc(C#N)cc(N2CC[C@@H](NC(=O)O)[C@H](O)C2)c1Cl. The van der Waals surface area contributed by atoms with Gasteiger partial charge in [-0.3, -0.25) is 5.32 Å². The summed E-state index contributed by atoms with van der Waals surface area (Å²) in [5, 5.41) is 33.4. The lowest BCUT2D eigenvalue weighted by Gasteiger charge is -2.37. The number of aliphatic hydroxyl groups is 1. The number of anilines is 2. The van der Waals surface area contributed by atoms with Crippen LogP contribution in [0.3, 0.4) is 0 Å². The molecule has 1 aromatic carbocycles. The number of ether oxygens (including phenoxy) is 1. The number of hydrogen-bond acceptors (Lipinski definition) is 6. The van der Waals surface area contributed by atoms with Crippen LogP contribution in [0.25, 0.3) is 0 Å². The summed E-state index contributed by atoms with van der Waals surface area (Å²) in [5.74, 6) is 0. The Balaban J connectivity index is 2.25. The minimum Gasteiger partial charge on any atom is -0.465 e. The number of carbonyl (C=O) groups is 2. The Morgan fingerprint density at radius 1 is 1.39 bits per heavy atom. The quantitative estimate of drug-likeness (QED) is 0.601. The second kappa shape index (κ2) is 8.54. The average Bonchev–Trinajstić information content (AvgIpc) is 2.56. The van der Waals surface area contributed by atoms with E-state index < -0.39 is 29.9 Å². The standard InChI is InChI=1S/C18H23ClN4O5/c1-18(2,3)28-17(27)22-12-6-10(8-20)7-13(15(12)19)23-5-4-11(14(24)9-23)21-16(25)26/h6-7,11,14,21,24H,4-5,9H2,1-3H3,(H,22,27)(H,25,26)/t11-,14-/m1/s1. The molecule has 0 spiro atoms.